The number of nitrogens with zero attached hydrogens (tertiary/aromatic N) is 1. The van der Waals surface area contributed by atoms with Gasteiger partial charge < -0.3 is 15.0 Å². The minimum Gasteiger partial charge on any atom is -0.383 e. The average molecular weight is 202 g/mol. The Hall–Kier alpha value is -0.120. The van der Waals surface area contributed by atoms with Crippen LogP contribution in [0.1, 0.15) is 20.8 Å². The molecule has 0 fully saturated rings. The summed E-state index contributed by atoms with van der Waals surface area (Å²) in [6, 6.07) is 0.443. The van der Waals surface area contributed by atoms with Gasteiger partial charge in [-0.3, -0.25) is 0 Å². The molecule has 1 unspecified atom stereocenters. The zero-order valence-corrected chi connectivity index (χ0v) is 10.3. The fraction of sp³-hybridized carbons (Fsp3) is 1.00. The smallest absolute Gasteiger partial charge is 0.0628 e. The van der Waals surface area contributed by atoms with E-state index < -0.39 is 0 Å². The molecule has 0 aliphatic rings. The van der Waals surface area contributed by atoms with Gasteiger partial charge in [-0.25, -0.2) is 0 Å². The highest BCUT2D eigenvalue weighted by atomic mass is 16.5. The molecule has 0 heterocycles. The van der Waals surface area contributed by atoms with E-state index in [-0.39, 0.29) is 0 Å². The SMILES string of the molecule is CCN(CC(C)C)CC(COC)NC. The maximum atomic E-state index is 5.16. The van der Waals surface area contributed by atoms with Crippen LogP contribution in [0.5, 0.6) is 0 Å². The maximum absolute atomic E-state index is 5.16. The highest BCUT2D eigenvalue weighted by molar-refractivity contribution is 4.70. The molecule has 14 heavy (non-hydrogen) atoms. The van der Waals surface area contributed by atoms with Gasteiger partial charge in [-0.05, 0) is 19.5 Å². The van der Waals surface area contributed by atoms with Gasteiger partial charge in [0.2, 0.25) is 0 Å². The summed E-state index contributed by atoms with van der Waals surface area (Å²) in [4.78, 5) is 2.46. The van der Waals surface area contributed by atoms with Crippen molar-refractivity contribution in [3.63, 3.8) is 0 Å². The second-order valence-corrected chi connectivity index (χ2v) is 4.19. The Kier molecular flexibility index (Phi) is 8.14. The molecule has 0 spiro atoms. The summed E-state index contributed by atoms with van der Waals surface area (Å²) in [6.45, 7) is 10.9. The zero-order chi connectivity index (χ0) is 11.0. The molecule has 0 bridgehead atoms. The molecule has 0 rings (SSSR count). The van der Waals surface area contributed by atoms with E-state index in [1.54, 1.807) is 7.11 Å². The van der Waals surface area contributed by atoms with Gasteiger partial charge in [0.1, 0.15) is 0 Å². The molecule has 0 aliphatic carbocycles. The summed E-state index contributed by atoms with van der Waals surface area (Å²) in [5, 5.41) is 3.27. The lowest BCUT2D eigenvalue weighted by molar-refractivity contribution is 0.138. The van der Waals surface area contributed by atoms with E-state index in [1.165, 1.54) is 6.54 Å². The van der Waals surface area contributed by atoms with Crippen molar-refractivity contribution >= 4 is 0 Å². The van der Waals surface area contributed by atoms with Crippen LogP contribution in [0.2, 0.25) is 0 Å². The van der Waals surface area contributed by atoms with Gasteiger partial charge in [0.05, 0.1) is 6.61 Å². The van der Waals surface area contributed by atoms with Crippen molar-refractivity contribution in [3.05, 3.63) is 0 Å². The van der Waals surface area contributed by atoms with Crippen molar-refractivity contribution in [2.45, 2.75) is 26.8 Å². The second kappa shape index (κ2) is 8.21. The highest BCUT2D eigenvalue weighted by Gasteiger charge is 2.11. The minimum atomic E-state index is 0.443. The van der Waals surface area contributed by atoms with Gasteiger partial charge >= 0.3 is 0 Å². The first kappa shape index (κ1) is 13.9. The van der Waals surface area contributed by atoms with Crippen LogP contribution < -0.4 is 5.32 Å². The lowest BCUT2D eigenvalue weighted by Gasteiger charge is -2.27. The number of hydrogen-bond acceptors (Lipinski definition) is 3. The van der Waals surface area contributed by atoms with Crippen molar-refractivity contribution < 1.29 is 4.74 Å². The molecule has 3 nitrogen and oxygen atoms in total. The molecule has 1 atom stereocenters. The molecule has 0 aromatic carbocycles. The summed E-state index contributed by atoms with van der Waals surface area (Å²) in [7, 11) is 3.75. The van der Waals surface area contributed by atoms with Crippen molar-refractivity contribution in [3.8, 4) is 0 Å². The Morgan fingerprint density at radius 3 is 2.29 bits per heavy atom. The average Bonchev–Trinajstić information content (AvgIpc) is 2.15. The second-order valence-electron chi connectivity index (χ2n) is 4.19. The predicted molar refractivity (Wildman–Crippen MR) is 61.7 cm³/mol. The lowest BCUT2D eigenvalue weighted by atomic mass is 10.2. The maximum Gasteiger partial charge on any atom is 0.0628 e. The van der Waals surface area contributed by atoms with Gasteiger partial charge in [-0.2, -0.15) is 0 Å². The third-order valence-electron chi connectivity index (χ3n) is 2.33. The van der Waals surface area contributed by atoms with Crippen LogP contribution in [0.4, 0.5) is 0 Å². The zero-order valence-electron chi connectivity index (χ0n) is 10.3. The van der Waals surface area contributed by atoms with Gasteiger partial charge in [-0.1, -0.05) is 20.8 Å². The first-order valence-electron chi connectivity index (χ1n) is 5.52. The molecule has 0 aromatic heterocycles. The molecule has 0 amide bonds. The molecule has 0 saturated carbocycles. The predicted octanol–water partition coefficient (Wildman–Crippen LogP) is 1.20. The number of rotatable bonds is 8. The van der Waals surface area contributed by atoms with Gasteiger partial charge in [0.15, 0.2) is 0 Å². The fourth-order valence-electron chi connectivity index (χ4n) is 1.59. The third-order valence-corrected chi connectivity index (χ3v) is 2.33. The van der Waals surface area contributed by atoms with Crippen LogP contribution in [0.15, 0.2) is 0 Å². The van der Waals surface area contributed by atoms with E-state index in [1.807, 2.05) is 7.05 Å². The number of ether oxygens (including phenoxy) is 1. The third kappa shape index (κ3) is 6.35. The van der Waals surface area contributed by atoms with E-state index >= 15 is 0 Å². The first-order chi connectivity index (χ1) is 6.63. The summed E-state index contributed by atoms with van der Waals surface area (Å²) in [5.74, 6) is 0.731. The van der Waals surface area contributed by atoms with Crippen molar-refractivity contribution in [1.29, 1.82) is 0 Å². The van der Waals surface area contributed by atoms with Gasteiger partial charge in [0, 0.05) is 26.2 Å². The number of methoxy groups -OCH3 is 1. The van der Waals surface area contributed by atoms with Crippen LogP contribution >= 0.6 is 0 Å². The topological polar surface area (TPSA) is 24.5 Å². The molecule has 3 heteroatoms. The Balaban J connectivity index is 3.87. The van der Waals surface area contributed by atoms with Crippen LogP contribution in [0, 0.1) is 5.92 Å². The summed E-state index contributed by atoms with van der Waals surface area (Å²) in [5.41, 5.74) is 0. The number of nitrogens with one attached hydrogen (secondary N) is 1. The standard InChI is InChI=1S/C11H26N2O/c1-6-13(7-10(2)3)8-11(12-4)9-14-5/h10-12H,6-9H2,1-5H3. The normalized spacial score (nSPS) is 13.9. The Morgan fingerprint density at radius 1 is 1.29 bits per heavy atom. The summed E-state index contributed by atoms with van der Waals surface area (Å²) < 4.78 is 5.16. The molecular formula is C11H26N2O. The summed E-state index contributed by atoms with van der Waals surface area (Å²) >= 11 is 0. The molecule has 1 N–H and O–H groups in total. The van der Waals surface area contributed by atoms with Gasteiger partial charge in [-0.15, -0.1) is 0 Å². The van der Waals surface area contributed by atoms with Crippen molar-refractivity contribution in [2.75, 3.05) is 40.4 Å². The van der Waals surface area contributed by atoms with E-state index in [0.29, 0.717) is 6.04 Å². The first-order valence-corrected chi connectivity index (χ1v) is 5.52. The molecule has 0 radical (unpaired) electrons. The fourth-order valence-corrected chi connectivity index (χ4v) is 1.59. The van der Waals surface area contributed by atoms with Crippen LogP contribution in [0.25, 0.3) is 0 Å². The van der Waals surface area contributed by atoms with Gasteiger partial charge in [0.25, 0.3) is 0 Å². The van der Waals surface area contributed by atoms with E-state index in [2.05, 4.69) is 31.0 Å². The number of hydrogen-bond donors (Lipinski definition) is 1. The molecule has 0 aliphatic heterocycles. The van der Waals surface area contributed by atoms with Crippen LogP contribution in [-0.4, -0.2) is 51.3 Å². The molecule has 0 saturated heterocycles. The quantitative estimate of drug-likeness (QED) is 0.640. The van der Waals surface area contributed by atoms with E-state index in [9.17, 15) is 0 Å². The Morgan fingerprint density at radius 2 is 1.93 bits per heavy atom. The van der Waals surface area contributed by atoms with Crippen LogP contribution in [-0.2, 0) is 4.74 Å². The molecular weight excluding hydrogens is 176 g/mol. The van der Waals surface area contributed by atoms with Crippen LogP contribution in [0.3, 0.4) is 0 Å². The van der Waals surface area contributed by atoms with Crippen molar-refractivity contribution in [1.82, 2.24) is 10.2 Å². The highest BCUT2D eigenvalue weighted by Crippen LogP contribution is 2.00. The monoisotopic (exact) mass is 202 g/mol. The molecule has 0 aromatic rings. The Bertz CT molecular complexity index is 128. The Labute approximate surface area is 88.8 Å². The number of likely N-dealkylation sites (N-methyl/N-ethyl adjacent to an activating group) is 2. The van der Waals surface area contributed by atoms with E-state index in [0.717, 1.165) is 25.6 Å². The van der Waals surface area contributed by atoms with Crippen molar-refractivity contribution in [2.24, 2.45) is 5.92 Å². The summed E-state index contributed by atoms with van der Waals surface area (Å²) in [6.07, 6.45) is 0. The lowest BCUT2D eigenvalue weighted by Crippen LogP contribution is -2.43. The minimum absolute atomic E-state index is 0.443. The largest absolute Gasteiger partial charge is 0.383 e. The van der Waals surface area contributed by atoms with E-state index in [4.69, 9.17) is 4.74 Å². The molecule has 86 valence electrons.